The predicted molar refractivity (Wildman–Crippen MR) is 125 cm³/mol. The second kappa shape index (κ2) is 9.06. The molecular weight excluding hydrogens is 456 g/mol. The van der Waals surface area contributed by atoms with Crippen molar-refractivity contribution in [2.75, 3.05) is 32.2 Å². The molecule has 0 unspecified atom stereocenters. The SMILES string of the molecule is COc1ccc(-c2csc(N3CCC(S(=O)(=O)c4cccc(Cl)c4)CC3)n2)c(OC)c1. The molecule has 164 valence electrons. The third-order valence-corrected chi connectivity index (χ3v) is 8.85. The lowest BCUT2D eigenvalue weighted by Crippen LogP contribution is -2.39. The van der Waals surface area contributed by atoms with E-state index in [1.807, 2.05) is 23.6 Å². The quantitative estimate of drug-likeness (QED) is 0.500. The van der Waals surface area contributed by atoms with Crippen LogP contribution in [0, 0.1) is 0 Å². The van der Waals surface area contributed by atoms with Gasteiger partial charge in [0.2, 0.25) is 0 Å². The number of hydrogen-bond donors (Lipinski definition) is 0. The number of anilines is 1. The van der Waals surface area contributed by atoms with Gasteiger partial charge in [-0.25, -0.2) is 13.4 Å². The second-order valence-electron chi connectivity index (χ2n) is 7.27. The molecule has 0 N–H and O–H groups in total. The van der Waals surface area contributed by atoms with Gasteiger partial charge in [-0.1, -0.05) is 17.7 Å². The van der Waals surface area contributed by atoms with Gasteiger partial charge >= 0.3 is 0 Å². The number of sulfone groups is 1. The minimum absolute atomic E-state index is 0.293. The third kappa shape index (κ3) is 4.51. The van der Waals surface area contributed by atoms with Crippen LogP contribution in [-0.4, -0.2) is 46.0 Å². The molecule has 0 aliphatic carbocycles. The average Bonchev–Trinajstić information content (AvgIpc) is 3.28. The first-order chi connectivity index (χ1) is 14.9. The predicted octanol–water partition coefficient (Wildman–Crippen LogP) is 4.92. The Morgan fingerprint density at radius 2 is 1.87 bits per heavy atom. The number of rotatable bonds is 6. The van der Waals surface area contributed by atoms with Crippen LogP contribution in [0.5, 0.6) is 11.5 Å². The molecular formula is C22H23ClN2O4S2. The highest BCUT2D eigenvalue weighted by Gasteiger charge is 2.32. The molecule has 3 aromatic rings. The van der Waals surface area contributed by atoms with E-state index in [4.69, 9.17) is 26.1 Å². The fraction of sp³-hybridized carbons (Fsp3) is 0.318. The van der Waals surface area contributed by atoms with Crippen molar-refractivity contribution in [3.05, 3.63) is 52.9 Å². The van der Waals surface area contributed by atoms with Crippen LogP contribution in [-0.2, 0) is 9.84 Å². The highest BCUT2D eigenvalue weighted by Crippen LogP contribution is 2.37. The van der Waals surface area contributed by atoms with Crippen LogP contribution in [0.4, 0.5) is 5.13 Å². The van der Waals surface area contributed by atoms with E-state index in [9.17, 15) is 8.42 Å². The Labute approximate surface area is 191 Å². The highest BCUT2D eigenvalue weighted by atomic mass is 35.5. The summed E-state index contributed by atoms with van der Waals surface area (Å²) in [5.74, 6) is 1.42. The van der Waals surface area contributed by atoms with E-state index >= 15 is 0 Å². The molecule has 0 bridgehead atoms. The molecule has 9 heteroatoms. The number of benzene rings is 2. The summed E-state index contributed by atoms with van der Waals surface area (Å²) in [6, 6.07) is 12.1. The van der Waals surface area contributed by atoms with Crippen molar-refractivity contribution in [2.24, 2.45) is 0 Å². The molecule has 6 nitrogen and oxygen atoms in total. The molecule has 1 aromatic heterocycles. The summed E-state index contributed by atoms with van der Waals surface area (Å²) in [6.07, 6.45) is 1.10. The van der Waals surface area contributed by atoms with E-state index in [1.165, 1.54) is 6.07 Å². The number of thiazole rings is 1. The standard InChI is InChI=1S/C22H23ClN2O4S2/c1-28-16-6-7-19(21(13-16)29-2)20-14-30-22(24-20)25-10-8-17(9-11-25)31(26,27)18-5-3-4-15(23)12-18/h3-7,12-14,17H,8-11H2,1-2H3. The van der Waals surface area contributed by atoms with Gasteiger partial charge in [-0.15, -0.1) is 11.3 Å². The van der Waals surface area contributed by atoms with Crippen LogP contribution in [0.15, 0.2) is 52.7 Å². The molecule has 0 spiro atoms. The first-order valence-electron chi connectivity index (χ1n) is 9.84. The van der Waals surface area contributed by atoms with Crippen LogP contribution in [0.25, 0.3) is 11.3 Å². The average molecular weight is 479 g/mol. The fourth-order valence-electron chi connectivity index (χ4n) is 3.74. The van der Waals surface area contributed by atoms with Crippen LogP contribution >= 0.6 is 22.9 Å². The molecule has 1 aliphatic rings. The summed E-state index contributed by atoms with van der Waals surface area (Å²) in [4.78, 5) is 7.22. The molecule has 1 saturated heterocycles. The minimum atomic E-state index is -3.40. The Morgan fingerprint density at radius 1 is 1.10 bits per heavy atom. The van der Waals surface area contributed by atoms with Gasteiger partial charge in [0.05, 0.1) is 30.1 Å². The van der Waals surface area contributed by atoms with Gasteiger partial charge in [-0.3, -0.25) is 0 Å². The fourth-order valence-corrected chi connectivity index (χ4v) is 6.65. The van der Waals surface area contributed by atoms with Crippen molar-refractivity contribution in [1.82, 2.24) is 4.98 Å². The normalized spacial score (nSPS) is 15.1. The zero-order valence-corrected chi connectivity index (χ0v) is 19.6. The van der Waals surface area contributed by atoms with E-state index in [2.05, 4.69) is 4.90 Å². The van der Waals surface area contributed by atoms with Crippen LogP contribution < -0.4 is 14.4 Å². The van der Waals surface area contributed by atoms with Crippen molar-refractivity contribution in [2.45, 2.75) is 23.0 Å². The summed E-state index contributed by atoms with van der Waals surface area (Å²) >= 11 is 7.54. The van der Waals surface area contributed by atoms with Crippen LogP contribution in [0.1, 0.15) is 12.8 Å². The number of nitrogens with zero attached hydrogens (tertiary/aromatic N) is 2. The molecule has 1 fully saturated rings. The van der Waals surface area contributed by atoms with Gasteiger partial charge in [0.15, 0.2) is 15.0 Å². The number of hydrogen-bond acceptors (Lipinski definition) is 7. The minimum Gasteiger partial charge on any atom is -0.497 e. The van der Waals surface area contributed by atoms with Gasteiger partial charge in [-0.05, 0) is 43.2 Å². The smallest absolute Gasteiger partial charge is 0.185 e. The first kappa shape index (κ1) is 21.9. The molecule has 2 heterocycles. The van der Waals surface area contributed by atoms with Crippen LogP contribution in [0.2, 0.25) is 5.02 Å². The Morgan fingerprint density at radius 3 is 2.55 bits per heavy atom. The molecule has 0 atom stereocenters. The Bertz CT molecular complexity index is 1170. The van der Waals surface area contributed by atoms with Crippen molar-refractivity contribution in [3.63, 3.8) is 0 Å². The summed E-state index contributed by atoms with van der Waals surface area (Å²) in [6.45, 7) is 1.27. The molecule has 1 aliphatic heterocycles. The Hall–Kier alpha value is -2.29. The third-order valence-electron chi connectivity index (χ3n) is 5.45. The Balaban J connectivity index is 1.48. The number of halogens is 1. The second-order valence-corrected chi connectivity index (χ2v) is 10.8. The molecule has 0 radical (unpaired) electrons. The van der Waals surface area contributed by atoms with E-state index in [0.717, 1.165) is 22.1 Å². The first-order valence-corrected chi connectivity index (χ1v) is 12.6. The highest BCUT2D eigenvalue weighted by molar-refractivity contribution is 7.92. The number of piperidine rings is 1. The van der Waals surface area contributed by atoms with Crippen molar-refractivity contribution in [1.29, 1.82) is 0 Å². The number of methoxy groups -OCH3 is 2. The number of ether oxygens (including phenoxy) is 2. The summed E-state index contributed by atoms with van der Waals surface area (Å²) < 4.78 is 36.7. The zero-order valence-electron chi connectivity index (χ0n) is 17.2. The van der Waals surface area contributed by atoms with Crippen molar-refractivity contribution >= 4 is 37.9 Å². The lowest BCUT2D eigenvalue weighted by molar-refractivity contribution is 0.395. The lowest BCUT2D eigenvalue weighted by atomic mass is 10.1. The van der Waals surface area contributed by atoms with Gasteiger partial charge in [-0.2, -0.15) is 0 Å². The maximum atomic E-state index is 13.0. The van der Waals surface area contributed by atoms with Gasteiger partial charge in [0.1, 0.15) is 11.5 Å². The maximum Gasteiger partial charge on any atom is 0.185 e. The molecule has 0 saturated carbocycles. The van der Waals surface area contributed by atoms with E-state index in [-0.39, 0.29) is 0 Å². The molecule has 31 heavy (non-hydrogen) atoms. The number of aromatic nitrogens is 1. The molecule has 0 amide bonds. The zero-order chi connectivity index (χ0) is 22.0. The Kier molecular flexibility index (Phi) is 6.41. The van der Waals surface area contributed by atoms with Crippen molar-refractivity contribution < 1.29 is 17.9 Å². The van der Waals surface area contributed by atoms with E-state index in [1.54, 1.807) is 43.8 Å². The van der Waals surface area contributed by atoms with E-state index in [0.29, 0.717) is 41.6 Å². The molecule has 2 aromatic carbocycles. The monoisotopic (exact) mass is 478 g/mol. The summed E-state index contributed by atoms with van der Waals surface area (Å²) in [5, 5.41) is 2.90. The van der Waals surface area contributed by atoms with Crippen LogP contribution in [0.3, 0.4) is 0 Å². The lowest BCUT2D eigenvalue weighted by Gasteiger charge is -2.31. The maximum absolute atomic E-state index is 13.0. The summed E-state index contributed by atoms with van der Waals surface area (Å²) in [5.41, 5.74) is 1.72. The van der Waals surface area contributed by atoms with Gasteiger partial charge < -0.3 is 14.4 Å². The topological polar surface area (TPSA) is 68.7 Å². The summed E-state index contributed by atoms with van der Waals surface area (Å²) in [7, 11) is -0.162. The molecule has 4 rings (SSSR count). The van der Waals surface area contributed by atoms with Gasteiger partial charge in [0.25, 0.3) is 0 Å². The largest absolute Gasteiger partial charge is 0.497 e. The van der Waals surface area contributed by atoms with Gasteiger partial charge in [0, 0.05) is 35.1 Å². The van der Waals surface area contributed by atoms with Crippen molar-refractivity contribution in [3.8, 4) is 22.8 Å². The van der Waals surface area contributed by atoms with E-state index < -0.39 is 15.1 Å².